The molecule has 0 bridgehead atoms. The van der Waals surface area contributed by atoms with Crippen LogP contribution < -0.4 is 11.1 Å². The Hall–Kier alpha value is -2.50. The first-order valence-electron chi connectivity index (χ1n) is 5.75. The van der Waals surface area contributed by atoms with E-state index >= 15 is 0 Å². The highest BCUT2D eigenvalue weighted by molar-refractivity contribution is 5.95. The molecule has 0 heterocycles. The van der Waals surface area contributed by atoms with Crippen molar-refractivity contribution >= 4 is 11.6 Å². The fourth-order valence-corrected chi connectivity index (χ4v) is 1.68. The minimum absolute atomic E-state index is 0.181. The van der Waals surface area contributed by atoms with Crippen LogP contribution in [-0.4, -0.2) is 5.91 Å². The fraction of sp³-hybridized carbons (Fsp3) is 0.0714. The summed E-state index contributed by atoms with van der Waals surface area (Å²) in [6, 6.07) is 7.70. The van der Waals surface area contributed by atoms with Crippen LogP contribution in [0.1, 0.15) is 15.9 Å². The molecule has 0 saturated heterocycles. The molecule has 2 aromatic carbocycles. The number of nitrogen functional groups attached to an aromatic ring is 1. The van der Waals surface area contributed by atoms with Crippen molar-refractivity contribution in [1.82, 2.24) is 5.32 Å². The Balaban J connectivity index is 2.18. The number of carbonyl (C=O) groups is 1. The Morgan fingerprint density at radius 1 is 1.05 bits per heavy atom. The van der Waals surface area contributed by atoms with E-state index in [9.17, 15) is 18.0 Å². The van der Waals surface area contributed by atoms with Crippen molar-refractivity contribution in [3.63, 3.8) is 0 Å². The Morgan fingerprint density at radius 2 is 1.75 bits per heavy atom. The first kappa shape index (κ1) is 13.9. The molecule has 1 amide bonds. The minimum Gasteiger partial charge on any atom is -0.396 e. The molecule has 3 nitrogen and oxygen atoms in total. The third-order valence-electron chi connectivity index (χ3n) is 2.75. The predicted molar refractivity (Wildman–Crippen MR) is 68.3 cm³/mol. The number of hydrogen-bond donors (Lipinski definition) is 2. The van der Waals surface area contributed by atoms with E-state index in [1.54, 1.807) is 6.07 Å². The van der Waals surface area contributed by atoms with Crippen molar-refractivity contribution < 1.29 is 18.0 Å². The van der Waals surface area contributed by atoms with E-state index in [4.69, 9.17) is 5.73 Å². The summed E-state index contributed by atoms with van der Waals surface area (Å²) in [6.07, 6.45) is 0. The van der Waals surface area contributed by atoms with E-state index in [2.05, 4.69) is 5.32 Å². The van der Waals surface area contributed by atoms with Crippen molar-refractivity contribution in [3.05, 3.63) is 65.0 Å². The zero-order valence-corrected chi connectivity index (χ0v) is 10.3. The average molecular weight is 280 g/mol. The van der Waals surface area contributed by atoms with Gasteiger partial charge in [0.2, 0.25) is 0 Å². The van der Waals surface area contributed by atoms with Crippen LogP contribution in [0.3, 0.4) is 0 Å². The molecular formula is C14H11F3N2O. The number of hydrogen-bond acceptors (Lipinski definition) is 2. The summed E-state index contributed by atoms with van der Waals surface area (Å²) in [5.74, 6) is -3.66. The van der Waals surface area contributed by atoms with Gasteiger partial charge in [-0.15, -0.1) is 0 Å². The monoisotopic (exact) mass is 280 g/mol. The summed E-state index contributed by atoms with van der Waals surface area (Å²) in [4.78, 5) is 11.8. The zero-order chi connectivity index (χ0) is 14.7. The summed E-state index contributed by atoms with van der Waals surface area (Å²) in [6.45, 7) is -0.181. The molecule has 0 atom stereocenters. The van der Waals surface area contributed by atoms with Gasteiger partial charge in [-0.25, -0.2) is 13.2 Å². The molecule has 20 heavy (non-hydrogen) atoms. The molecule has 0 unspecified atom stereocenters. The Kier molecular flexibility index (Phi) is 3.93. The van der Waals surface area contributed by atoms with Gasteiger partial charge in [-0.1, -0.05) is 18.2 Å². The van der Waals surface area contributed by atoms with Crippen LogP contribution in [0.25, 0.3) is 0 Å². The molecule has 0 saturated carbocycles. The van der Waals surface area contributed by atoms with Gasteiger partial charge in [-0.05, 0) is 18.2 Å². The standard InChI is InChI=1S/C14H11F3N2O/c15-9-4-2-1-3-8(9)7-19-14(20)12-10(16)5-6-11(18)13(12)17/h1-6H,7,18H2,(H,19,20). The smallest absolute Gasteiger partial charge is 0.257 e. The maximum absolute atomic E-state index is 13.6. The van der Waals surface area contributed by atoms with Gasteiger partial charge in [0.05, 0.1) is 5.69 Å². The van der Waals surface area contributed by atoms with Gasteiger partial charge in [-0.2, -0.15) is 0 Å². The Labute approximate surface area is 113 Å². The van der Waals surface area contributed by atoms with Crippen molar-refractivity contribution in [2.75, 3.05) is 5.73 Å². The van der Waals surface area contributed by atoms with Crippen LogP contribution in [0.15, 0.2) is 36.4 Å². The normalized spacial score (nSPS) is 10.3. The number of rotatable bonds is 3. The highest BCUT2D eigenvalue weighted by Gasteiger charge is 2.19. The number of halogens is 3. The van der Waals surface area contributed by atoms with Gasteiger partial charge in [0, 0.05) is 12.1 Å². The minimum atomic E-state index is -1.13. The molecule has 0 radical (unpaired) electrons. The molecule has 0 spiro atoms. The molecule has 0 aliphatic carbocycles. The number of benzene rings is 2. The first-order chi connectivity index (χ1) is 9.50. The fourth-order valence-electron chi connectivity index (χ4n) is 1.68. The lowest BCUT2D eigenvalue weighted by atomic mass is 10.1. The van der Waals surface area contributed by atoms with Gasteiger partial charge in [0.15, 0.2) is 5.82 Å². The Bertz CT molecular complexity index is 659. The van der Waals surface area contributed by atoms with Crippen molar-refractivity contribution in [2.45, 2.75) is 6.54 Å². The second-order valence-corrected chi connectivity index (χ2v) is 4.10. The summed E-state index contributed by atoms with van der Waals surface area (Å²) in [5.41, 5.74) is 4.38. The van der Waals surface area contributed by atoms with E-state index in [1.165, 1.54) is 18.2 Å². The molecule has 0 aliphatic heterocycles. The summed E-state index contributed by atoms with van der Waals surface area (Å²) >= 11 is 0. The highest BCUT2D eigenvalue weighted by atomic mass is 19.1. The third-order valence-corrected chi connectivity index (χ3v) is 2.75. The van der Waals surface area contributed by atoms with Gasteiger partial charge >= 0.3 is 0 Å². The van der Waals surface area contributed by atoms with E-state index in [1.807, 2.05) is 0 Å². The molecular weight excluding hydrogens is 269 g/mol. The van der Waals surface area contributed by atoms with E-state index < -0.39 is 28.9 Å². The Morgan fingerprint density at radius 3 is 2.45 bits per heavy atom. The van der Waals surface area contributed by atoms with Crippen molar-refractivity contribution in [2.24, 2.45) is 0 Å². The van der Waals surface area contributed by atoms with Crippen LogP contribution >= 0.6 is 0 Å². The van der Waals surface area contributed by atoms with E-state index in [0.29, 0.717) is 0 Å². The van der Waals surface area contributed by atoms with Gasteiger partial charge in [0.1, 0.15) is 17.2 Å². The van der Waals surface area contributed by atoms with E-state index in [-0.39, 0.29) is 17.8 Å². The van der Waals surface area contributed by atoms with Gasteiger partial charge in [0.25, 0.3) is 5.91 Å². The summed E-state index contributed by atoms with van der Waals surface area (Å²) < 4.78 is 40.4. The number of carbonyl (C=O) groups excluding carboxylic acids is 1. The summed E-state index contributed by atoms with van der Waals surface area (Å²) in [5, 5.41) is 2.25. The molecule has 3 N–H and O–H groups in total. The SMILES string of the molecule is Nc1ccc(F)c(C(=O)NCc2ccccc2F)c1F. The molecule has 2 aromatic rings. The van der Waals surface area contributed by atoms with E-state index in [0.717, 1.165) is 12.1 Å². The maximum atomic E-state index is 13.6. The molecule has 0 aliphatic rings. The maximum Gasteiger partial charge on any atom is 0.257 e. The zero-order valence-electron chi connectivity index (χ0n) is 10.3. The first-order valence-corrected chi connectivity index (χ1v) is 5.75. The molecule has 6 heteroatoms. The third kappa shape index (κ3) is 2.74. The second kappa shape index (κ2) is 5.64. The average Bonchev–Trinajstić information content (AvgIpc) is 2.42. The lowest BCUT2D eigenvalue weighted by Gasteiger charge is -2.09. The molecule has 0 fully saturated rings. The predicted octanol–water partition coefficient (Wildman–Crippen LogP) is 2.62. The lowest BCUT2D eigenvalue weighted by Crippen LogP contribution is -2.25. The van der Waals surface area contributed by atoms with Crippen LogP contribution in [-0.2, 0) is 6.54 Å². The van der Waals surface area contributed by atoms with Crippen molar-refractivity contribution in [1.29, 1.82) is 0 Å². The molecule has 0 aromatic heterocycles. The number of nitrogens with one attached hydrogen (secondary N) is 1. The molecule has 2 rings (SSSR count). The highest BCUT2D eigenvalue weighted by Crippen LogP contribution is 2.18. The van der Waals surface area contributed by atoms with Crippen LogP contribution in [0.5, 0.6) is 0 Å². The lowest BCUT2D eigenvalue weighted by molar-refractivity contribution is 0.0942. The number of anilines is 1. The quantitative estimate of drug-likeness (QED) is 0.849. The van der Waals surface area contributed by atoms with Crippen molar-refractivity contribution in [3.8, 4) is 0 Å². The van der Waals surface area contributed by atoms with Gasteiger partial charge in [-0.3, -0.25) is 4.79 Å². The summed E-state index contributed by atoms with van der Waals surface area (Å²) in [7, 11) is 0. The molecule has 104 valence electrons. The van der Waals surface area contributed by atoms with Crippen LogP contribution in [0.2, 0.25) is 0 Å². The largest absolute Gasteiger partial charge is 0.396 e. The van der Waals surface area contributed by atoms with Crippen LogP contribution in [0, 0.1) is 17.5 Å². The number of amides is 1. The number of nitrogens with two attached hydrogens (primary N) is 1. The topological polar surface area (TPSA) is 55.1 Å². The van der Waals surface area contributed by atoms with Gasteiger partial charge < -0.3 is 11.1 Å². The second-order valence-electron chi connectivity index (χ2n) is 4.10. The van der Waals surface area contributed by atoms with Crippen LogP contribution in [0.4, 0.5) is 18.9 Å².